The van der Waals surface area contributed by atoms with E-state index in [9.17, 15) is 34.8 Å². The molecule has 0 radical (unpaired) electrons. The first kappa shape index (κ1) is 24.7. The number of nitrogens with two attached hydrogens (primary N) is 1. The van der Waals surface area contributed by atoms with Gasteiger partial charge in [0.15, 0.2) is 11.4 Å². The van der Waals surface area contributed by atoms with Gasteiger partial charge in [-0.05, 0) is 69.1 Å². The Hall–Kier alpha value is -4.02. The number of benzene rings is 1. The topological polar surface area (TPSA) is 174 Å². The van der Waals surface area contributed by atoms with E-state index in [2.05, 4.69) is 4.98 Å². The maximum atomic E-state index is 13.8. The molecule has 0 saturated carbocycles. The third-order valence-electron chi connectivity index (χ3n) is 7.79. The highest BCUT2D eigenvalue weighted by Crippen LogP contribution is 2.53. The van der Waals surface area contributed by atoms with Crippen molar-refractivity contribution in [3.63, 3.8) is 0 Å². The van der Waals surface area contributed by atoms with E-state index < -0.39 is 58.0 Å². The number of carbonyl (C=O) groups excluding carboxylic acids is 3. The predicted molar refractivity (Wildman–Crippen MR) is 132 cm³/mol. The Kier molecular flexibility index (Phi) is 5.50. The van der Waals surface area contributed by atoms with E-state index in [0.717, 1.165) is 5.56 Å². The monoisotopic (exact) mass is 505 g/mol. The van der Waals surface area contributed by atoms with E-state index in [4.69, 9.17) is 5.73 Å². The molecule has 0 aliphatic heterocycles. The summed E-state index contributed by atoms with van der Waals surface area (Å²) in [5, 5.41) is 44.5. The standard InChI is InChI=1S/C27H27N3O7/c1-11-4-6-16(29-10-11)13-5-7-17(31)19-14(13)8-12-9-15-21(30(2)3)23(33)20(26(28)36)25(35)27(15,37)24(34)18(12)22(19)32/h4-7,10,12,15,21,31,33-34,37H,8-9H2,1-3H3,(H2,28,36)/t12-,15-,21-,27-/m1/s1. The summed E-state index contributed by atoms with van der Waals surface area (Å²) in [4.78, 5) is 45.1. The molecule has 0 saturated heterocycles. The summed E-state index contributed by atoms with van der Waals surface area (Å²) in [6.07, 6.45) is 1.92. The van der Waals surface area contributed by atoms with Gasteiger partial charge in [0.05, 0.1) is 17.3 Å². The number of carbonyl (C=O) groups is 3. The van der Waals surface area contributed by atoms with Gasteiger partial charge in [0, 0.05) is 23.3 Å². The van der Waals surface area contributed by atoms with Crippen molar-refractivity contribution in [3.8, 4) is 17.0 Å². The van der Waals surface area contributed by atoms with Crippen molar-refractivity contribution in [2.75, 3.05) is 14.1 Å². The number of likely N-dealkylation sites (N-methyl/N-ethyl adjacent to an activating group) is 1. The van der Waals surface area contributed by atoms with Crippen LogP contribution in [0, 0.1) is 18.8 Å². The molecule has 192 valence electrons. The zero-order valence-electron chi connectivity index (χ0n) is 20.5. The van der Waals surface area contributed by atoms with Crippen molar-refractivity contribution in [1.29, 1.82) is 0 Å². The number of fused-ring (bicyclic) bond motifs is 3. The first-order valence-electron chi connectivity index (χ1n) is 11.8. The summed E-state index contributed by atoms with van der Waals surface area (Å²) in [6.45, 7) is 1.90. The SMILES string of the molecule is Cc1ccc(-c2ccc(O)c3c2C[C@@H]2C[C@@H]4[C@@H](N(C)C)C(O)=C(C(N)=O)C(=O)[C@]4(O)C(O)=C2C3=O)nc1. The van der Waals surface area contributed by atoms with Gasteiger partial charge in [-0.2, -0.15) is 0 Å². The van der Waals surface area contributed by atoms with Crippen molar-refractivity contribution in [2.45, 2.75) is 31.4 Å². The maximum absolute atomic E-state index is 13.8. The molecule has 37 heavy (non-hydrogen) atoms. The minimum Gasteiger partial charge on any atom is -0.510 e. The summed E-state index contributed by atoms with van der Waals surface area (Å²) in [7, 11) is 3.18. The van der Waals surface area contributed by atoms with E-state index in [0.29, 0.717) is 16.8 Å². The number of pyridine rings is 1. The number of phenols is 1. The molecule has 0 unspecified atom stereocenters. The summed E-state index contributed by atoms with van der Waals surface area (Å²) < 4.78 is 0. The normalized spacial score (nSPS) is 27.2. The zero-order valence-corrected chi connectivity index (χ0v) is 20.5. The molecule has 6 N–H and O–H groups in total. The van der Waals surface area contributed by atoms with Crippen molar-refractivity contribution in [2.24, 2.45) is 17.6 Å². The van der Waals surface area contributed by atoms with E-state index in [-0.39, 0.29) is 29.7 Å². The number of aliphatic hydroxyl groups excluding tert-OH is 2. The largest absolute Gasteiger partial charge is 0.510 e. The first-order valence-corrected chi connectivity index (χ1v) is 11.8. The van der Waals surface area contributed by atoms with Crippen LogP contribution in [0.2, 0.25) is 0 Å². The van der Waals surface area contributed by atoms with Crippen LogP contribution >= 0.6 is 0 Å². The molecule has 1 heterocycles. The number of aliphatic hydroxyl groups is 3. The summed E-state index contributed by atoms with van der Waals surface area (Å²) >= 11 is 0. The lowest BCUT2D eigenvalue weighted by Crippen LogP contribution is -2.63. The molecule has 5 rings (SSSR count). The lowest BCUT2D eigenvalue weighted by Gasteiger charge is -2.50. The number of Topliss-reactive ketones (excluding diaryl/α,β-unsaturated/α-hetero) is 2. The number of allylic oxidation sites excluding steroid dienone is 1. The quantitative estimate of drug-likeness (QED) is 0.387. The van der Waals surface area contributed by atoms with Crippen molar-refractivity contribution >= 4 is 17.5 Å². The average Bonchev–Trinajstić information content (AvgIpc) is 2.82. The van der Waals surface area contributed by atoms with Crippen LogP contribution in [-0.2, 0) is 16.0 Å². The highest BCUT2D eigenvalue weighted by atomic mass is 16.3. The number of primary amides is 1. The minimum atomic E-state index is -2.66. The number of amides is 1. The number of phenolic OH excluding ortho intramolecular Hbond substituents is 1. The number of aryl methyl sites for hydroxylation is 1. The molecule has 1 amide bonds. The molecule has 4 atom stereocenters. The van der Waals surface area contributed by atoms with Crippen molar-refractivity contribution < 1.29 is 34.8 Å². The van der Waals surface area contributed by atoms with Crippen LogP contribution in [0.4, 0.5) is 0 Å². The second-order valence-corrected chi connectivity index (χ2v) is 10.2. The Bertz CT molecular complexity index is 1440. The van der Waals surface area contributed by atoms with Crippen LogP contribution in [0.15, 0.2) is 53.1 Å². The number of nitrogens with zero attached hydrogens (tertiary/aromatic N) is 2. The smallest absolute Gasteiger partial charge is 0.255 e. The van der Waals surface area contributed by atoms with Gasteiger partial charge in [0.2, 0.25) is 5.78 Å². The maximum Gasteiger partial charge on any atom is 0.255 e. The molecule has 10 heteroatoms. The van der Waals surface area contributed by atoms with Crippen LogP contribution in [0.25, 0.3) is 11.3 Å². The van der Waals surface area contributed by atoms with Gasteiger partial charge in [-0.3, -0.25) is 24.3 Å². The summed E-state index contributed by atoms with van der Waals surface area (Å²) in [6, 6.07) is 5.70. The Balaban J connectivity index is 1.72. The molecule has 0 spiro atoms. The number of aromatic hydroxyl groups is 1. The highest BCUT2D eigenvalue weighted by molar-refractivity contribution is 6.24. The zero-order chi connectivity index (χ0) is 27.0. The molecular weight excluding hydrogens is 478 g/mol. The van der Waals surface area contributed by atoms with Gasteiger partial charge in [0.1, 0.15) is 22.8 Å². The molecule has 10 nitrogen and oxygen atoms in total. The molecular formula is C27H27N3O7. The number of ketones is 2. The van der Waals surface area contributed by atoms with Gasteiger partial charge in [-0.1, -0.05) is 6.07 Å². The molecule has 0 fully saturated rings. The van der Waals surface area contributed by atoms with E-state index in [1.807, 2.05) is 19.1 Å². The lowest BCUT2D eigenvalue weighted by molar-refractivity contribution is -0.148. The summed E-state index contributed by atoms with van der Waals surface area (Å²) in [5.41, 5.74) is 4.36. The molecule has 3 aliphatic carbocycles. The Morgan fingerprint density at radius 1 is 1.14 bits per heavy atom. The number of hydrogen-bond acceptors (Lipinski definition) is 9. The van der Waals surface area contributed by atoms with Crippen molar-refractivity contribution in [1.82, 2.24) is 9.88 Å². The second kappa shape index (κ2) is 8.25. The van der Waals surface area contributed by atoms with Gasteiger partial charge < -0.3 is 26.2 Å². The summed E-state index contributed by atoms with van der Waals surface area (Å²) in [5.74, 6) is -6.74. The van der Waals surface area contributed by atoms with Crippen LogP contribution in [0.3, 0.4) is 0 Å². The van der Waals surface area contributed by atoms with E-state index >= 15 is 0 Å². The van der Waals surface area contributed by atoms with Crippen LogP contribution < -0.4 is 5.73 Å². The molecule has 0 bridgehead atoms. The van der Waals surface area contributed by atoms with Gasteiger partial charge >= 0.3 is 0 Å². The van der Waals surface area contributed by atoms with Crippen LogP contribution in [-0.4, -0.2) is 73.5 Å². The molecule has 2 aromatic rings. The third-order valence-corrected chi connectivity index (χ3v) is 7.79. The minimum absolute atomic E-state index is 0.0299. The van der Waals surface area contributed by atoms with Gasteiger partial charge in [0.25, 0.3) is 5.91 Å². The first-order chi connectivity index (χ1) is 17.4. The predicted octanol–water partition coefficient (Wildman–Crippen LogP) is 1.49. The van der Waals surface area contributed by atoms with Gasteiger partial charge in [-0.25, -0.2) is 0 Å². The number of aromatic nitrogens is 1. The van der Waals surface area contributed by atoms with E-state index in [1.54, 1.807) is 26.4 Å². The lowest BCUT2D eigenvalue weighted by atomic mass is 9.58. The molecule has 3 aliphatic rings. The Labute approximate surface area is 212 Å². The fourth-order valence-electron chi connectivity index (χ4n) is 6.12. The fourth-order valence-corrected chi connectivity index (χ4v) is 6.12. The van der Waals surface area contributed by atoms with Crippen molar-refractivity contribution in [3.05, 3.63) is 69.8 Å². The van der Waals surface area contributed by atoms with Gasteiger partial charge in [-0.15, -0.1) is 0 Å². The molecule has 1 aromatic carbocycles. The second-order valence-electron chi connectivity index (χ2n) is 10.2. The molecule has 1 aromatic heterocycles. The van der Waals surface area contributed by atoms with E-state index in [1.165, 1.54) is 11.0 Å². The Morgan fingerprint density at radius 3 is 2.43 bits per heavy atom. The van der Waals surface area contributed by atoms with Crippen LogP contribution in [0.5, 0.6) is 5.75 Å². The number of rotatable bonds is 3. The average molecular weight is 506 g/mol. The van der Waals surface area contributed by atoms with Crippen LogP contribution in [0.1, 0.15) is 27.9 Å². The Morgan fingerprint density at radius 2 is 1.84 bits per heavy atom. The highest BCUT2D eigenvalue weighted by Gasteiger charge is 2.63. The third kappa shape index (κ3) is 3.32. The number of hydrogen-bond donors (Lipinski definition) is 5. The fraction of sp³-hybridized carbons (Fsp3) is 0.333.